The van der Waals surface area contributed by atoms with Crippen LogP contribution in [0.3, 0.4) is 0 Å². The first-order valence-corrected chi connectivity index (χ1v) is 15.1. The molecule has 11 heteroatoms. The number of carbonyl (C=O) groups excluding carboxylic acids is 2. The number of hydrogen-bond donors (Lipinski definition) is 0. The fourth-order valence-corrected chi connectivity index (χ4v) is 7.45. The molecule has 0 amide bonds. The molecule has 0 bridgehead atoms. The first-order valence-electron chi connectivity index (χ1n) is 12.3. The molecule has 3 heterocycles. The largest absolute Gasteiger partial charge is 0.490 e. The zero-order chi connectivity index (χ0) is 28.8. The van der Waals surface area contributed by atoms with Gasteiger partial charge in [-0.2, -0.15) is 0 Å². The van der Waals surface area contributed by atoms with Crippen LogP contribution in [0.1, 0.15) is 32.6 Å². The van der Waals surface area contributed by atoms with E-state index in [0.717, 1.165) is 25.7 Å². The Kier molecular flexibility index (Phi) is 7.52. The van der Waals surface area contributed by atoms with Crippen molar-refractivity contribution in [2.24, 2.45) is 4.99 Å². The van der Waals surface area contributed by atoms with E-state index in [1.54, 1.807) is 36.4 Å². The number of hydrogen-bond acceptors (Lipinski definition) is 8. The molecule has 0 aliphatic carbocycles. The number of nitrogens with zero attached hydrogens (tertiary/aromatic N) is 1. The monoisotopic (exact) mass is 641 g/mol. The van der Waals surface area contributed by atoms with Gasteiger partial charge < -0.3 is 14.2 Å². The molecule has 1 aliphatic heterocycles. The van der Waals surface area contributed by atoms with Gasteiger partial charge in [-0.15, -0.1) is 22.7 Å². The van der Waals surface area contributed by atoms with Crippen LogP contribution in [0, 0.1) is 6.92 Å². The van der Waals surface area contributed by atoms with E-state index < -0.39 is 11.9 Å². The SMILES string of the molecule is CCOc1cc(/C=C2/N=C(c3sc4cc(Cl)ccc4c3Cl)OC2=O)ccc1OC(=O)c1sc2cc(C)ccc2c1Cl. The Bertz CT molecular complexity index is 1960. The summed E-state index contributed by atoms with van der Waals surface area (Å²) in [6.45, 7) is 4.12. The van der Waals surface area contributed by atoms with Crippen LogP contribution in [-0.4, -0.2) is 24.4 Å². The van der Waals surface area contributed by atoms with Gasteiger partial charge in [0.15, 0.2) is 17.2 Å². The van der Waals surface area contributed by atoms with Crippen molar-refractivity contribution in [3.8, 4) is 11.5 Å². The molecule has 0 atom stereocenters. The Morgan fingerprint density at radius 2 is 1.71 bits per heavy atom. The van der Waals surface area contributed by atoms with Gasteiger partial charge in [0, 0.05) is 25.2 Å². The van der Waals surface area contributed by atoms with Crippen LogP contribution in [0.15, 0.2) is 65.3 Å². The molecule has 0 radical (unpaired) electrons. The fourth-order valence-electron chi connectivity index (χ4n) is 4.26. The highest BCUT2D eigenvalue weighted by molar-refractivity contribution is 7.22. The van der Waals surface area contributed by atoms with E-state index in [2.05, 4.69) is 4.99 Å². The maximum absolute atomic E-state index is 13.1. The van der Waals surface area contributed by atoms with Gasteiger partial charge in [0.25, 0.3) is 0 Å². The van der Waals surface area contributed by atoms with Crippen LogP contribution in [-0.2, 0) is 9.53 Å². The number of esters is 2. The molecule has 0 fully saturated rings. The maximum atomic E-state index is 13.1. The lowest BCUT2D eigenvalue weighted by Crippen LogP contribution is -2.08. The minimum absolute atomic E-state index is 0.0890. The van der Waals surface area contributed by atoms with Crippen molar-refractivity contribution in [1.82, 2.24) is 0 Å². The highest BCUT2D eigenvalue weighted by atomic mass is 35.5. The van der Waals surface area contributed by atoms with Crippen molar-refractivity contribution in [1.29, 1.82) is 0 Å². The summed E-state index contributed by atoms with van der Waals surface area (Å²) >= 11 is 21.8. The van der Waals surface area contributed by atoms with Gasteiger partial charge in [-0.25, -0.2) is 14.6 Å². The molecular formula is C30H18Cl3NO5S2. The van der Waals surface area contributed by atoms with E-state index in [1.807, 2.05) is 38.1 Å². The molecule has 0 saturated carbocycles. The van der Waals surface area contributed by atoms with Gasteiger partial charge in [-0.3, -0.25) is 0 Å². The summed E-state index contributed by atoms with van der Waals surface area (Å²) in [7, 11) is 0. The van der Waals surface area contributed by atoms with Crippen LogP contribution in [0.4, 0.5) is 0 Å². The zero-order valence-electron chi connectivity index (χ0n) is 21.4. The molecule has 0 N–H and O–H groups in total. The van der Waals surface area contributed by atoms with Gasteiger partial charge in [-0.05, 0) is 61.4 Å². The molecule has 41 heavy (non-hydrogen) atoms. The van der Waals surface area contributed by atoms with Crippen molar-refractivity contribution in [3.05, 3.63) is 96.2 Å². The van der Waals surface area contributed by atoms with Gasteiger partial charge in [-0.1, -0.05) is 59.1 Å². The quantitative estimate of drug-likeness (QED) is 0.105. The van der Waals surface area contributed by atoms with E-state index in [0.29, 0.717) is 42.7 Å². The summed E-state index contributed by atoms with van der Waals surface area (Å²) < 4.78 is 18.6. The number of benzene rings is 3. The second-order valence-electron chi connectivity index (χ2n) is 9.00. The van der Waals surface area contributed by atoms with E-state index in [1.165, 1.54) is 22.7 Å². The van der Waals surface area contributed by atoms with Crippen molar-refractivity contribution >= 4 is 102 Å². The maximum Gasteiger partial charge on any atom is 0.363 e. The number of rotatable bonds is 6. The Balaban J connectivity index is 1.29. The van der Waals surface area contributed by atoms with Crippen LogP contribution in [0.25, 0.3) is 26.2 Å². The van der Waals surface area contributed by atoms with Gasteiger partial charge in [0.05, 0.1) is 16.7 Å². The lowest BCUT2D eigenvalue weighted by molar-refractivity contribution is -0.129. The van der Waals surface area contributed by atoms with Crippen molar-refractivity contribution < 1.29 is 23.8 Å². The van der Waals surface area contributed by atoms with Gasteiger partial charge in [0.2, 0.25) is 5.90 Å². The molecule has 0 spiro atoms. The number of thiophene rings is 2. The molecule has 6 rings (SSSR count). The minimum atomic E-state index is -0.616. The Morgan fingerprint density at radius 3 is 2.51 bits per heavy atom. The summed E-state index contributed by atoms with van der Waals surface area (Å²) in [6.07, 6.45) is 1.56. The van der Waals surface area contributed by atoms with E-state index in [9.17, 15) is 9.59 Å². The van der Waals surface area contributed by atoms with E-state index in [-0.39, 0.29) is 17.3 Å². The van der Waals surface area contributed by atoms with E-state index >= 15 is 0 Å². The number of fused-ring (bicyclic) bond motifs is 2. The van der Waals surface area contributed by atoms with E-state index in [4.69, 9.17) is 49.0 Å². The van der Waals surface area contributed by atoms with Crippen LogP contribution in [0.2, 0.25) is 15.1 Å². The predicted octanol–water partition coefficient (Wildman–Crippen LogP) is 9.35. The first-order chi connectivity index (χ1) is 19.7. The van der Waals surface area contributed by atoms with Crippen molar-refractivity contribution in [2.75, 3.05) is 6.61 Å². The number of halogens is 3. The minimum Gasteiger partial charge on any atom is -0.490 e. The standard InChI is InChI=1S/C30H18Cl3NO5S2/c1-3-37-21-12-15(5-9-20(21)38-30(36)27-25(33)17-7-4-14(2)10-22(17)41-27)11-19-29(35)39-28(34-19)26-24(32)18-8-6-16(31)13-23(18)40-26/h4-13H,3H2,1-2H3/b19-11+. The molecule has 5 aromatic rings. The predicted molar refractivity (Wildman–Crippen MR) is 167 cm³/mol. The number of ether oxygens (including phenoxy) is 3. The third-order valence-corrected chi connectivity index (χ3v) is 9.67. The molecular weight excluding hydrogens is 625 g/mol. The average Bonchev–Trinajstić information content (AvgIpc) is 3.57. The highest BCUT2D eigenvalue weighted by Gasteiger charge is 2.28. The number of aliphatic imine (C=N–C) groups is 1. The number of cyclic esters (lactones) is 1. The lowest BCUT2D eigenvalue weighted by atomic mass is 10.1. The molecule has 3 aromatic carbocycles. The third kappa shape index (κ3) is 5.34. The fraction of sp³-hybridized carbons (Fsp3) is 0.100. The third-order valence-electron chi connectivity index (χ3n) is 6.15. The van der Waals surface area contributed by atoms with Crippen LogP contribution < -0.4 is 9.47 Å². The summed E-state index contributed by atoms with van der Waals surface area (Å²) in [5, 5.41) is 2.96. The molecule has 2 aromatic heterocycles. The average molecular weight is 643 g/mol. The normalized spacial score (nSPS) is 14.1. The Morgan fingerprint density at radius 1 is 0.951 bits per heavy atom. The van der Waals surface area contributed by atoms with Crippen LogP contribution >= 0.6 is 57.5 Å². The second kappa shape index (κ2) is 11.1. The zero-order valence-corrected chi connectivity index (χ0v) is 25.3. The molecule has 0 saturated heterocycles. The summed E-state index contributed by atoms with van der Waals surface area (Å²) in [6, 6.07) is 16.1. The number of aryl methyl sites for hydroxylation is 1. The molecule has 206 valence electrons. The Labute approximate surface area is 257 Å². The van der Waals surface area contributed by atoms with Crippen molar-refractivity contribution in [2.45, 2.75) is 13.8 Å². The summed E-state index contributed by atoms with van der Waals surface area (Å²) in [5.74, 6) is -0.541. The summed E-state index contributed by atoms with van der Waals surface area (Å²) in [4.78, 5) is 31.0. The molecule has 1 aliphatic rings. The Hall–Kier alpha value is -3.40. The van der Waals surface area contributed by atoms with Crippen molar-refractivity contribution in [3.63, 3.8) is 0 Å². The van der Waals surface area contributed by atoms with Gasteiger partial charge >= 0.3 is 11.9 Å². The topological polar surface area (TPSA) is 74.2 Å². The lowest BCUT2D eigenvalue weighted by Gasteiger charge is -2.11. The van der Waals surface area contributed by atoms with Gasteiger partial charge in [0.1, 0.15) is 9.75 Å². The highest BCUT2D eigenvalue weighted by Crippen LogP contribution is 2.40. The second-order valence-corrected chi connectivity index (χ2v) is 12.3. The molecule has 6 nitrogen and oxygen atoms in total. The number of carbonyl (C=O) groups is 2. The summed E-state index contributed by atoms with van der Waals surface area (Å²) in [5.41, 5.74) is 1.75. The molecule has 0 unspecified atom stereocenters. The smallest absolute Gasteiger partial charge is 0.363 e. The first kappa shape index (κ1) is 27.8. The van der Waals surface area contributed by atoms with Crippen LogP contribution in [0.5, 0.6) is 11.5 Å².